The lowest BCUT2D eigenvalue weighted by Crippen LogP contribution is -2.06. The highest BCUT2D eigenvalue weighted by molar-refractivity contribution is 9.10. The van der Waals surface area contributed by atoms with E-state index in [2.05, 4.69) is 15.9 Å². The van der Waals surface area contributed by atoms with Crippen molar-refractivity contribution in [2.24, 2.45) is 0 Å². The first-order valence-electron chi connectivity index (χ1n) is 8.24. The molecule has 1 heterocycles. The number of alkyl halides is 3. The van der Waals surface area contributed by atoms with Crippen LogP contribution < -0.4 is 5.73 Å². The number of hydrogen-bond donors (Lipinski definition) is 2. The summed E-state index contributed by atoms with van der Waals surface area (Å²) in [6, 6.07) is 16.6. The second-order valence-electron chi connectivity index (χ2n) is 6.24. The normalized spacial score (nSPS) is 11.9. The Kier molecular flexibility index (Phi) is 4.34. The fourth-order valence-corrected chi connectivity index (χ4v) is 3.69. The van der Waals surface area contributed by atoms with Gasteiger partial charge in [-0.1, -0.05) is 64.5 Å². The van der Waals surface area contributed by atoms with Gasteiger partial charge in [0.25, 0.3) is 0 Å². The Labute approximate surface area is 166 Å². The van der Waals surface area contributed by atoms with Gasteiger partial charge >= 0.3 is 6.18 Å². The molecule has 3 aromatic carbocycles. The largest absolute Gasteiger partial charge is 0.504 e. The van der Waals surface area contributed by atoms with Crippen LogP contribution in [-0.2, 0) is 6.18 Å². The van der Waals surface area contributed by atoms with E-state index < -0.39 is 11.7 Å². The van der Waals surface area contributed by atoms with E-state index in [9.17, 15) is 18.3 Å². The van der Waals surface area contributed by atoms with Crippen LogP contribution in [-0.4, -0.2) is 5.11 Å². The number of fused-ring (bicyclic) bond motifs is 1. The molecule has 0 aliphatic rings. The van der Waals surface area contributed by atoms with Gasteiger partial charge in [0.2, 0.25) is 5.88 Å². The number of hydrogen-bond acceptors (Lipinski definition) is 3. The van der Waals surface area contributed by atoms with E-state index in [1.165, 1.54) is 12.1 Å². The molecule has 0 unspecified atom stereocenters. The van der Waals surface area contributed by atoms with Crippen molar-refractivity contribution in [2.45, 2.75) is 6.18 Å². The Morgan fingerprint density at radius 3 is 2.43 bits per heavy atom. The van der Waals surface area contributed by atoms with Crippen molar-refractivity contribution in [3.05, 3.63) is 70.7 Å². The van der Waals surface area contributed by atoms with Crippen molar-refractivity contribution in [1.82, 2.24) is 0 Å². The molecule has 3 nitrogen and oxygen atoms in total. The highest BCUT2D eigenvalue weighted by Crippen LogP contribution is 2.48. The summed E-state index contributed by atoms with van der Waals surface area (Å²) in [5.41, 5.74) is 5.81. The minimum atomic E-state index is -4.55. The maximum atomic E-state index is 13.2. The van der Waals surface area contributed by atoms with Gasteiger partial charge < -0.3 is 15.3 Å². The molecule has 1 aromatic heterocycles. The maximum absolute atomic E-state index is 13.2. The molecule has 0 aliphatic carbocycles. The van der Waals surface area contributed by atoms with Crippen molar-refractivity contribution in [3.63, 3.8) is 0 Å². The van der Waals surface area contributed by atoms with Gasteiger partial charge in [0, 0.05) is 10.0 Å². The first kappa shape index (κ1) is 18.4. The van der Waals surface area contributed by atoms with Crippen LogP contribution in [0.2, 0.25) is 0 Å². The molecule has 3 N–H and O–H groups in total. The molecule has 28 heavy (non-hydrogen) atoms. The molecule has 0 spiro atoms. The quantitative estimate of drug-likeness (QED) is 0.353. The van der Waals surface area contributed by atoms with Gasteiger partial charge in [-0.2, -0.15) is 13.2 Å². The predicted molar refractivity (Wildman–Crippen MR) is 106 cm³/mol. The zero-order valence-corrected chi connectivity index (χ0v) is 15.8. The Morgan fingerprint density at radius 1 is 0.964 bits per heavy atom. The fourth-order valence-electron chi connectivity index (χ4n) is 3.22. The molecular weight excluding hydrogens is 435 g/mol. The van der Waals surface area contributed by atoms with Crippen LogP contribution in [0, 0.1) is 0 Å². The van der Waals surface area contributed by atoms with E-state index in [4.69, 9.17) is 10.2 Å². The SMILES string of the molecule is Nc1oc(-c2cccc3ccccc23)c(O)c1-c1ccc(Br)c(C(F)(F)F)c1. The van der Waals surface area contributed by atoms with Gasteiger partial charge in [-0.25, -0.2) is 0 Å². The summed E-state index contributed by atoms with van der Waals surface area (Å²) in [6.45, 7) is 0. The lowest BCUT2D eigenvalue weighted by Gasteiger charge is -2.11. The number of aromatic hydroxyl groups is 1. The van der Waals surface area contributed by atoms with Crippen LogP contribution in [0.25, 0.3) is 33.2 Å². The molecule has 0 aliphatic heterocycles. The van der Waals surface area contributed by atoms with Crippen LogP contribution in [0.5, 0.6) is 5.75 Å². The smallest absolute Gasteiger partial charge is 0.417 e. The Bertz CT molecular complexity index is 1190. The van der Waals surface area contributed by atoms with E-state index in [0.717, 1.165) is 16.8 Å². The molecule has 142 valence electrons. The minimum absolute atomic E-state index is 0.0286. The summed E-state index contributed by atoms with van der Waals surface area (Å²) in [7, 11) is 0. The lowest BCUT2D eigenvalue weighted by molar-refractivity contribution is -0.138. The predicted octanol–water partition coefficient (Wildman–Crippen LogP) is 6.84. The Morgan fingerprint density at radius 2 is 1.68 bits per heavy atom. The van der Waals surface area contributed by atoms with Crippen LogP contribution in [0.4, 0.5) is 19.1 Å². The standard InChI is InChI=1S/C21H13BrF3NO2/c22-16-9-8-12(10-15(16)21(23,24)25)17-18(27)19(28-20(17)26)14-7-3-5-11-4-1-2-6-13(11)14/h1-10,27H,26H2. The van der Waals surface area contributed by atoms with E-state index in [-0.39, 0.29) is 33.0 Å². The fraction of sp³-hybridized carbons (Fsp3) is 0.0476. The number of rotatable bonds is 2. The van der Waals surface area contributed by atoms with Crippen molar-refractivity contribution >= 4 is 32.6 Å². The van der Waals surface area contributed by atoms with Crippen molar-refractivity contribution in [2.75, 3.05) is 5.73 Å². The molecule has 4 aromatic rings. The number of anilines is 1. The van der Waals surface area contributed by atoms with E-state index in [0.29, 0.717) is 5.56 Å². The van der Waals surface area contributed by atoms with Gasteiger partial charge in [0.05, 0.1) is 11.1 Å². The average Bonchev–Trinajstić information content (AvgIpc) is 2.95. The number of halogens is 4. The average molecular weight is 448 g/mol. The van der Waals surface area contributed by atoms with Gasteiger partial charge in [-0.05, 0) is 28.5 Å². The van der Waals surface area contributed by atoms with Gasteiger partial charge in [-0.15, -0.1) is 0 Å². The van der Waals surface area contributed by atoms with Crippen molar-refractivity contribution in [3.8, 4) is 28.2 Å². The monoisotopic (exact) mass is 447 g/mol. The van der Waals surface area contributed by atoms with Gasteiger partial charge in [0.15, 0.2) is 11.5 Å². The molecule has 0 bridgehead atoms. The Hall–Kier alpha value is -2.93. The van der Waals surface area contributed by atoms with E-state index in [1.54, 1.807) is 12.1 Å². The summed E-state index contributed by atoms with van der Waals surface area (Å²) >= 11 is 2.91. The van der Waals surface area contributed by atoms with Crippen LogP contribution in [0.15, 0.2) is 69.6 Å². The summed E-state index contributed by atoms with van der Waals surface area (Å²) in [5, 5.41) is 12.5. The molecule has 0 saturated carbocycles. The van der Waals surface area contributed by atoms with Crippen molar-refractivity contribution in [1.29, 1.82) is 0 Å². The van der Waals surface area contributed by atoms with E-state index in [1.807, 2.05) is 30.3 Å². The number of furan rings is 1. The molecule has 0 amide bonds. The summed E-state index contributed by atoms with van der Waals surface area (Å²) in [6.07, 6.45) is -4.55. The third kappa shape index (κ3) is 3.01. The topological polar surface area (TPSA) is 59.4 Å². The second-order valence-corrected chi connectivity index (χ2v) is 7.09. The zero-order chi connectivity index (χ0) is 20.1. The van der Waals surface area contributed by atoms with Gasteiger partial charge in [-0.3, -0.25) is 0 Å². The van der Waals surface area contributed by atoms with Crippen LogP contribution >= 0.6 is 15.9 Å². The first-order valence-corrected chi connectivity index (χ1v) is 9.03. The third-order valence-electron chi connectivity index (χ3n) is 4.50. The van der Waals surface area contributed by atoms with Crippen LogP contribution in [0.3, 0.4) is 0 Å². The highest BCUT2D eigenvalue weighted by Gasteiger charge is 2.34. The lowest BCUT2D eigenvalue weighted by atomic mass is 9.99. The first-order chi connectivity index (χ1) is 13.3. The number of nitrogens with two attached hydrogens (primary N) is 1. The molecular formula is C21H13BrF3NO2. The third-order valence-corrected chi connectivity index (χ3v) is 5.20. The number of benzene rings is 3. The number of nitrogen functional groups attached to an aromatic ring is 1. The Balaban J connectivity index is 1.92. The molecule has 0 atom stereocenters. The minimum Gasteiger partial charge on any atom is -0.504 e. The summed E-state index contributed by atoms with van der Waals surface area (Å²) < 4.78 is 45.2. The summed E-state index contributed by atoms with van der Waals surface area (Å²) in [4.78, 5) is 0. The molecule has 7 heteroatoms. The molecule has 0 fully saturated rings. The van der Waals surface area contributed by atoms with Crippen LogP contribution in [0.1, 0.15) is 5.56 Å². The highest BCUT2D eigenvalue weighted by atomic mass is 79.9. The molecule has 4 rings (SSSR count). The maximum Gasteiger partial charge on any atom is 0.417 e. The van der Waals surface area contributed by atoms with Gasteiger partial charge in [0.1, 0.15) is 0 Å². The molecule has 0 radical (unpaired) electrons. The molecule has 0 saturated heterocycles. The van der Waals surface area contributed by atoms with Crippen molar-refractivity contribution < 1.29 is 22.7 Å². The van der Waals surface area contributed by atoms with E-state index >= 15 is 0 Å². The zero-order valence-electron chi connectivity index (χ0n) is 14.2. The summed E-state index contributed by atoms with van der Waals surface area (Å²) in [5.74, 6) is -0.346. The second kappa shape index (κ2) is 6.60.